The fraction of sp³-hybridized carbons (Fsp3) is 0.462. The van der Waals surface area contributed by atoms with Gasteiger partial charge in [0.25, 0.3) is 0 Å². The predicted molar refractivity (Wildman–Crippen MR) is 121 cm³/mol. The molecule has 4 rings (SSSR count). The number of Topliss-reactive ketones (excluding diaryl/α,β-unsaturated/α-hetero) is 1. The molecule has 1 fully saturated rings. The Kier molecular flexibility index (Phi) is 6.13. The number of fused-ring (bicyclic) bond motifs is 1. The predicted octanol–water partition coefficient (Wildman–Crippen LogP) is 5.00. The number of methoxy groups -OCH3 is 2. The lowest BCUT2D eigenvalue weighted by molar-refractivity contribution is -0.157. The quantitative estimate of drug-likeness (QED) is 0.513. The van der Waals surface area contributed by atoms with E-state index < -0.39 is 5.60 Å². The summed E-state index contributed by atoms with van der Waals surface area (Å²) in [6.07, 6.45) is 3.60. The van der Waals surface area contributed by atoms with E-state index in [1.54, 1.807) is 14.2 Å². The minimum absolute atomic E-state index is 0.136. The molecular weight excluding hydrogens is 408 g/mol. The number of hydrogen-bond acceptors (Lipinski definition) is 6. The molecule has 2 aliphatic carbocycles. The van der Waals surface area contributed by atoms with Gasteiger partial charge < -0.3 is 18.9 Å². The van der Waals surface area contributed by atoms with Crippen molar-refractivity contribution in [3.63, 3.8) is 0 Å². The number of hydrogen-bond donors (Lipinski definition) is 0. The third-order valence-electron chi connectivity index (χ3n) is 6.46. The van der Waals surface area contributed by atoms with Gasteiger partial charge in [0, 0.05) is 17.5 Å². The summed E-state index contributed by atoms with van der Waals surface area (Å²) in [5, 5.41) is 0. The Morgan fingerprint density at radius 1 is 1.03 bits per heavy atom. The van der Waals surface area contributed by atoms with Crippen LogP contribution in [0.25, 0.3) is 11.1 Å². The molecule has 1 atom stereocenters. The summed E-state index contributed by atoms with van der Waals surface area (Å²) in [6, 6.07) is 9.64. The molecule has 0 amide bonds. The monoisotopic (exact) mass is 438 g/mol. The van der Waals surface area contributed by atoms with Gasteiger partial charge in [-0.15, -0.1) is 0 Å². The lowest BCUT2D eigenvalue weighted by atomic mass is 9.99. The Morgan fingerprint density at radius 2 is 1.78 bits per heavy atom. The molecule has 0 spiro atoms. The molecule has 0 aromatic heterocycles. The Hall–Kier alpha value is -3.02. The second-order valence-corrected chi connectivity index (χ2v) is 8.67. The number of ketones is 1. The van der Waals surface area contributed by atoms with E-state index in [0.717, 1.165) is 47.9 Å². The van der Waals surface area contributed by atoms with E-state index in [-0.39, 0.29) is 24.3 Å². The minimum Gasteiger partial charge on any atom is -0.493 e. The average Bonchev–Trinajstić information content (AvgIpc) is 3.48. The normalized spacial score (nSPS) is 16.8. The van der Waals surface area contributed by atoms with Crippen molar-refractivity contribution in [2.24, 2.45) is 5.92 Å². The molecule has 0 aliphatic heterocycles. The highest BCUT2D eigenvalue weighted by atomic mass is 16.6. The van der Waals surface area contributed by atoms with Crippen LogP contribution >= 0.6 is 0 Å². The molecule has 0 saturated heterocycles. The van der Waals surface area contributed by atoms with E-state index in [1.807, 2.05) is 44.2 Å². The SMILES string of the molecule is CCC(C)C(=O)OC1(COc2c(-c3ccc4c(c3)CCC4=O)ccc(OC)c2OC)CC1. The van der Waals surface area contributed by atoms with Gasteiger partial charge in [0.2, 0.25) is 5.75 Å². The minimum atomic E-state index is -0.587. The average molecular weight is 439 g/mol. The van der Waals surface area contributed by atoms with Crippen molar-refractivity contribution in [1.29, 1.82) is 0 Å². The molecule has 0 N–H and O–H groups in total. The van der Waals surface area contributed by atoms with E-state index in [4.69, 9.17) is 18.9 Å². The molecule has 0 radical (unpaired) electrons. The van der Waals surface area contributed by atoms with Crippen molar-refractivity contribution in [2.45, 2.75) is 51.6 Å². The van der Waals surface area contributed by atoms with E-state index in [0.29, 0.717) is 23.7 Å². The zero-order valence-electron chi connectivity index (χ0n) is 19.2. The molecule has 0 bridgehead atoms. The maximum Gasteiger partial charge on any atom is 0.309 e. The number of ether oxygens (including phenoxy) is 4. The molecule has 2 aromatic carbocycles. The van der Waals surface area contributed by atoms with E-state index in [2.05, 4.69) is 0 Å². The molecular formula is C26H30O6. The molecule has 0 heterocycles. The zero-order chi connectivity index (χ0) is 22.9. The topological polar surface area (TPSA) is 71.1 Å². The van der Waals surface area contributed by atoms with Gasteiger partial charge in [-0.05, 0) is 48.9 Å². The number of aryl methyl sites for hydroxylation is 1. The van der Waals surface area contributed by atoms with Gasteiger partial charge in [-0.1, -0.05) is 32.0 Å². The highest BCUT2D eigenvalue weighted by molar-refractivity contribution is 6.01. The standard InChI is InChI=1S/C26H30O6/c1-5-16(2)25(28)32-26(12-13-26)15-31-23-20(9-11-22(29-3)24(23)30-4)18-6-8-19-17(14-18)7-10-21(19)27/h6,8-9,11,14,16H,5,7,10,12-13,15H2,1-4H3. The fourth-order valence-corrected chi connectivity index (χ4v) is 3.99. The third-order valence-corrected chi connectivity index (χ3v) is 6.46. The van der Waals surface area contributed by atoms with Crippen LogP contribution in [0, 0.1) is 5.92 Å². The van der Waals surface area contributed by atoms with Gasteiger partial charge >= 0.3 is 5.97 Å². The first kappa shape index (κ1) is 22.2. The van der Waals surface area contributed by atoms with Crippen LogP contribution in [0.4, 0.5) is 0 Å². The van der Waals surface area contributed by atoms with Crippen LogP contribution in [0.1, 0.15) is 55.5 Å². The van der Waals surface area contributed by atoms with Gasteiger partial charge in [-0.2, -0.15) is 0 Å². The lowest BCUT2D eigenvalue weighted by Crippen LogP contribution is -2.29. The first-order chi connectivity index (χ1) is 15.4. The Bertz CT molecular complexity index is 1040. The Balaban J connectivity index is 1.65. The van der Waals surface area contributed by atoms with Crippen molar-refractivity contribution in [1.82, 2.24) is 0 Å². The smallest absolute Gasteiger partial charge is 0.309 e. The maximum absolute atomic E-state index is 12.3. The lowest BCUT2D eigenvalue weighted by Gasteiger charge is -2.22. The van der Waals surface area contributed by atoms with Gasteiger partial charge in [0.1, 0.15) is 12.2 Å². The van der Waals surface area contributed by atoms with Gasteiger partial charge in [-0.3, -0.25) is 9.59 Å². The van der Waals surface area contributed by atoms with Crippen molar-refractivity contribution < 1.29 is 28.5 Å². The van der Waals surface area contributed by atoms with Crippen LogP contribution in [-0.2, 0) is 16.0 Å². The number of rotatable bonds is 9. The summed E-state index contributed by atoms with van der Waals surface area (Å²) in [6.45, 7) is 4.09. The molecule has 32 heavy (non-hydrogen) atoms. The first-order valence-corrected chi connectivity index (χ1v) is 11.2. The van der Waals surface area contributed by atoms with E-state index in [9.17, 15) is 9.59 Å². The zero-order valence-corrected chi connectivity index (χ0v) is 19.2. The van der Waals surface area contributed by atoms with Gasteiger partial charge in [-0.25, -0.2) is 0 Å². The van der Waals surface area contributed by atoms with Crippen molar-refractivity contribution in [3.05, 3.63) is 41.5 Å². The third kappa shape index (κ3) is 4.18. The van der Waals surface area contributed by atoms with Crippen molar-refractivity contribution >= 4 is 11.8 Å². The van der Waals surface area contributed by atoms with Crippen LogP contribution < -0.4 is 14.2 Å². The molecule has 2 aromatic rings. The van der Waals surface area contributed by atoms with E-state index >= 15 is 0 Å². The first-order valence-electron chi connectivity index (χ1n) is 11.2. The Morgan fingerprint density at radius 3 is 2.44 bits per heavy atom. The second-order valence-electron chi connectivity index (χ2n) is 8.67. The molecule has 6 heteroatoms. The van der Waals surface area contributed by atoms with Crippen LogP contribution in [-0.4, -0.2) is 38.2 Å². The van der Waals surface area contributed by atoms with Crippen molar-refractivity contribution in [2.75, 3.05) is 20.8 Å². The summed E-state index contributed by atoms with van der Waals surface area (Å²) >= 11 is 0. The molecule has 1 saturated carbocycles. The van der Waals surface area contributed by atoms with Crippen LogP contribution in [0.5, 0.6) is 17.2 Å². The van der Waals surface area contributed by atoms with Gasteiger partial charge in [0.15, 0.2) is 17.3 Å². The van der Waals surface area contributed by atoms with Crippen LogP contribution in [0.15, 0.2) is 30.3 Å². The molecule has 170 valence electrons. The van der Waals surface area contributed by atoms with Gasteiger partial charge in [0.05, 0.1) is 20.1 Å². The largest absolute Gasteiger partial charge is 0.493 e. The molecule has 2 aliphatic rings. The summed E-state index contributed by atoms with van der Waals surface area (Å²) in [4.78, 5) is 24.4. The van der Waals surface area contributed by atoms with Crippen LogP contribution in [0.2, 0.25) is 0 Å². The van der Waals surface area contributed by atoms with Crippen molar-refractivity contribution in [3.8, 4) is 28.4 Å². The summed E-state index contributed by atoms with van der Waals surface area (Å²) in [7, 11) is 3.16. The number of benzene rings is 2. The fourth-order valence-electron chi connectivity index (χ4n) is 3.99. The van der Waals surface area contributed by atoms with E-state index in [1.165, 1.54) is 0 Å². The number of carbonyl (C=O) groups is 2. The Labute approximate surface area is 188 Å². The number of carbonyl (C=O) groups excluding carboxylic acids is 2. The second kappa shape index (κ2) is 8.85. The highest BCUT2D eigenvalue weighted by Crippen LogP contribution is 2.47. The maximum atomic E-state index is 12.3. The molecule has 1 unspecified atom stereocenters. The highest BCUT2D eigenvalue weighted by Gasteiger charge is 2.48. The summed E-state index contributed by atoms with van der Waals surface area (Å²) < 4.78 is 23.2. The molecule has 6 nitrogen and oxygen atoms in total. The summed E-state index contributed by atoms with van der Waals surface area (Å²) in [5.74, 6) is 1.46. The summed E-state index contributed by atoms with van der Waals surface area (Å²) in [5.41, 5.74) is 3.04. The number of esters is 1. The van der Waals surface area contributed by atoms with Crippen LogP contribution in [0.3, 0.4) is 0 Å².